The van der Waals surface area contributed by atoms with Crippen LogP contribution in [-0.2, 0) is 6.42 Å². The minimum Gasteiger partial charge on any atom is -0.395 e. The van der Waals surface area contributed by atoms with Gasteiger partial charge < -0.3 is 4.42 Å². The predicted molar refractivity (Wildman–Crippen MR) is 72.7 cm³/mol. The van der Waals surface area contributed by atoms with Crippen molar-refractivity contribution in [2.24, 2.45) is 0 Å². The molecule has 0 radical (unpaired) electrons. The zero-order chi connectivity index (χ0) is 15.0. The number of nitrogens with one attached hydrogen (secondary N) is 1. The fraction of sp³-hybridized carbons (Fsp3) is 0.250. The van der Waals surface area contributed by atoms with Crippen LogP contribution in [-0.4, -0.2) is 21.6 Å². The molecular formula is C12H9N3O5S. The molecular weight excluding hydrogens is 298 g/mol. The molecule has 2 aromatic heterocycles. The first kappa shape index (κ1) is 13.4. The predicted octanol–water partition coefficient (Wildman–Crippen LogP) is 2.42. The smallest absolute Gasteiger partial charge is 0.395 e. The van der Waals surface area contributed by atoms with E-state index in [0.29, 0.717) is 28.5 Å². The van der Waals surface area contributed by atoms with E-state index in [2.05, 4.69) is 10.3 Å². The van der Waals surface area contributed by atoms with Crippen LogP contribution in [0.25, 0.3) is 0 Å². The Hall–Kier alpha value is -2.55. The van der Waals surface area contributed by atoms with Crippen molar-refractivity contribution in [1.82, 2.24) is 4.98 Å². The Kier molecular flexibility index (Phi) is 3.26. The highest BCUT2D eigenvalue weighted by atomic mass is 32.1. The third kappa shape index (κ3) is 2.55. The van der Waals surface area contributed by atoms with Gasteiger partial charge >= 0.3 is 5.88 Å². The highest BCUT2D eigenvalue weighted by Gasteiger charge is 2.24. The number of thiazole rings is 1. The Morgan fingerprint density at radius 3 is 2.90 bits per heavy atom. The normalized spacial score (nSPS) is 13.8. The number of nitrogens with zero attached hydrogens (tertiary/aromatic N) is 2. The van der Waals surface area contributed by atoms with E-state index < -0.39 is 16.7 Å². The first-order valence-corrected chi connectivity index (χ1v) is 6.95. The topological polar surface area (TPSA) is 115 Å². The zero-order valence-corrected chi connectivity index (χ0v) is 11.4. The third-order valence-electron chi connectivity index (χ3n) is 2.98. The molecule has 2 aromatic rings. The maximum atomic E-state index is 11.9. The van der Waals surface area contributed by atoms with Gasteiger partial charge in [-0.05, 0) is 18.9 Å². The molecule has 0 aromatic carbocycles. The fourth-order valence-corrected chi connectivity index (χ4v) is 3.00. The summed E-state index contributed by atoms with van der Waals surface area (Å²) in [6, 6.07) is 2.32. The van der Waals surface area contributed by atoms with E-state index in [-0.39, 0.29) is 11.5 Å². The second kappa shape index (κ2) is 5.09. The van der Waals surface area contributed by atoms with Crippen LogP contribution in [0.2, 0.25) is 0 Å². The number of ketones is 1. The molecule has 0 fully saturated rings. The Bertz CT molecular complexity index is 748. The van der Waals surface area contributed by atoms with Crippen molar-refractivity contribution in [3.8, 4) is 0 Å². The van der Waals surface area contributed by atoms with Gasteiger partial charge in [0.05, 0.1) is 16.6 Å². The van der Waals surface area contributed by atoms with E-state index in [4.69, 9.17) is 4.42 Å². The van der Waals surface area contributed by atoms with Gasteiger partial charge in [0, 0.05) is 6.42 Å². The number of aryl methyl sites for hydroxylation is 1. The number of anilines is 1. The second-order valence-corrected chi connectivity index (χ2v) is 5.42. The summed E-state index contributed by atoms with van der Waals surface area (Å²) in [7, 11) is 0. The Labute approximate surface area is 121 Å². The number of amides is 1. The highest BCUT2D eigenvalue weighted by molar-refractivity contribution is 7.17. The molecule has 0 saturated heterocycles. The third-order valence-corrected chi connectivity index (χ3v) is 4.04. The average molecular weight is 307 g/mol. The van der Waals surface area contributed by atoms with Gasteiger partial charge in [0.2, 0.25) is 0 Å². The van der Waals surface area contributed by atoms with E-state index in [1.165, 1.54) is 6.07 Å². The van der Waals surface area contributed by atoms with Crippen molar-refractivity contribution in [2.45, 2.75) is 19.3 Å². The van der Waals surface area contributed by atoms with Crippen LogP contribution in [0.3, 0.4) is 0 Å². The number of carbonyl (C=O) groups excluding carboxylic acids is 2. The molecule has 9 heteroatoms. The second-order valence-electron chi connectivity index (χ2n) is 4.42. The van der Waals surface area contributed by atoms with E-state index in [1.807, 2.05) is 0 Å². The quantitative estimate of drug-likeness (QED) is 0.687. The molecule has 1 amide bonds. The van der Waals surface area contributed by atoms with Crippen molar-refractivity contribution in [3.63, 3.8) is 0 Å². The van der Waals surface area contributed by atoms with Crippen LogP contribution in [0, 0.1) is 10.1 Å². The summed E-state index contributed by atoms with van der Waals surface area (Å²) in [5.74, 6) is -1.29. The summed E-state index contributed by atoms with van der Waals surface area (Å²) in [5, 5.41) is 13.3. The lowest BCUT2D eigenvalue weighted by Gasteiger charge is -2.05. The van der Waals surface area contributed by atoms with Gasteiger partial charge in [0.1, 0.15) is 4.92 Å². The molecule has 1 N–H and O–H groups in total. The maximum Gasteiger partial charge on any atom is 0.433 e. The van der Waals surface area contributed by atoms with Gasteiger partial charge in [0.25, 0.3) is 5.91 Å². The van der Waals surface area contributed by atoms with Gasteiger partial charge in [-0.1, -0.05) is 11.3 Å². The maximum absolute atomic E-state index is 11.9. The van der Waals surface area contributed by atoms with Crippen LogP contribution in [0.5, 0.6) is 0 Å². The number of Topliss-reactive ketones (excluding diaryl/α,β-unsaturated/α-hetero) is 1. The molecule has 0 atom stereocenters. The molecule has 0 unspecified atom stereocenters. The van der Waals surface area contributed by atoms with Crippen LogP contribution in [0.1, 0.15) is 38.8 Å². The molecule has 1 aliphatic carbocycles. The van der Waals surface area contributed by atoms with E-state index in [1.54, 1.807) is 0 Å². The largest absolute Gasteiger partial charge is 0.433 e. The summed E-state index contributed by atoms with van der Waals surface area (Å²) in [4.78, 5) is 38.1. The minimum absolute atomic E-state index is 0.0304. The van der Waals surface area contributed by atoms with Crippen LogP contribution in [0.4, 0.5) is 11.0 Å². The number of fused-ring (bicyclic) bond motifs is 1. The summed E-state index contributed by atoms with van der Waals surface area (Å²) in [6.07, 6.45) is 1.96. The molecule has 0 saturated carbocycles. The van der Waals surface area contributed by atoms with Gasteiger partial charge in [-0.15, -0.1) is 0 Å². The summed E-state index contributed by atoms with van der Waals surface area (Å²) >= 11 is 1.11. The van der Waals surface area contributed by atoms with Gasteiger partial charge in [-0.2, -0.15) is 0 Å². The fourth-order valence-electron chi connectivity index (χ4n) is 2.03. The van der Waals surface area contributed by atoms with Gasteiger partial charge in [-0.25, -0.2) is 4.98 Å². The lowest BCUT2D eigenvalue weighted by Crippen LogP contribution is -2.10. The van der Waals surface area contributed by atoms with Crippen LogP contribution >= 0.6 is 11.3 Å². The monoisotopic (exact) mass is 307 g/mol. The highest BCUT2D eigenvalue weighted by Crippen LogP contribution is 2.30. The molecule has 0 spiro atoms. The lowest BCUT2D eigenvalue weighted by atomic mass is 10.0. The Morgan fingerprint density at radius 1 is 1.43 bits per heavy atom. The Balaban J connectivity index is 1.78. The lowest BCUT2D eigenvalue weighted by molar-refractivity contribution is -0.402. The van der Waals surface area contributed by atoms with Crippen molar-refractivity contribution in [3.05, 3.63) is 38.6 Å². The first-order valence-electron chi connectivity index (χ1n) is 6.13. The number of nitro groups is 1. The minimum atomic E-state index is -0.725. The van der Waals surface area contributed by atoms with Crippen molar-refractivity contribution >= 4 is 34.0 Å². The first-order chi connectivity index (χ1) is 10.0. The van der Waals surface area contributed by atoms with E-state index in [0.717, 1.165) is 23.8 Å². The van der Waals surface area contributed by atoms with Crippen molar-refractivity contribution < 1.29 is 18.9 Å². The molecule has 3 rings (SSSR count). The van der Waals surface area contributed by atoms with Crippen molar-refractivity contribution in [2.75, 3.05) is 5.32 Å². The molecule has 21 heavy (non-hydrogen) atoms. The van der Waals surface area contributed by atoms with Gasteiger partial charge in [-0.3, -0.25) is 25.0 Å². The van der Waals surface area contributed by atoms with E-state index >= 15 is 0 Å². The van der Waals surface area contributed by atoms with Crippen LogP contribution < -0.4 is 5.32 Å². The molecule has 0 bridgehead atoms. The number of hydrogen-bond donors (Lipinski definition) is 1. The number of carbonyl (C=O) groups is 2. The van der Waals surface area contributed by atoms with E-state index in [9.17, 15) is 19.7 Å². The number of furan rings is 1. The SMILES string of the molecule is O=C(Nc1nc2c(s1)C(=O)CCC2)c1ccc([N+](=O)[O-])o1. The molecule has 0 aliphatic heterocycles. The zero-order valence-electron chi connectivity index (χ0n) is 10.6. The molecule has 8 nitrogen and oxygen atoms in total. The number of aromatic nitrogens is 1. The average Bonchev–Trinajstić information content (AvgIpc) is 3.05. The molecule has 108 valence electrons. The molecule has 2 heterocycles. The summed E-state index contributed by atoms with van der Waals surface area (Å²) in [6.45, 7) is 0. The number of hydrogen-bond acceptors (Lipinski definition) is 7. The van der Waals surface area contributed by atoms with Gasteiger partial charge in [0.15, 0.2) is 16.7 Å². The summed E-state index contributed by atoms with van der Waals surface area (Å²) in [5.41, 5.74) is 0.692. The van der Waals surface area contributed by atoms with Crippen molar-refractivity contribution in [1.29, 1.82) is 0 Å². The van der Waals surface area contributed by atoms with Crippen LogP contribution in [0.15, 0.2) is 16.5 Å². The number of rotatable bonds is 3. The summed E-state index contributed by atoms with van der Waals surface area (Å²) < 4.78 is 4.80. The standard InChI is InChI=1S/C12H9N3O5S/c16-7-3-1-2-6-10(7)21-12(13-6)14-11(17)8-4-5-9(20-8)15(18)19/h4-5H,1-3H2,(H,13,14,17). The Morgan fingerprint density at radius 2 is 2.24 bits per heavy atom. The molecule has 1 aliphatic rings.